The summed E-state index contributed by atoms with van der Waals surface area (Å²) in [6.45, 7) is -2.37. The van der Waals surface area contributed by atoms with Gasteiger partial charge in [0.1, 0.15) is 104 Å². The van der Waals surface area contributed by atoms with E-state index in [1.54, 1.807) is 0 Å². The molecule has 28 heteroatoms. The Morgan fingerprint density at radius 3 is 1.47 bits per heavy atom. The Morgan fingerprint density at radius 1 is 0.506 bits per heavy atom. The molecule has 0 aromatic heterocycles. The molecule has 4 aromatic rings. The molecule has 28 nitrogen and oxygen atoms in total. The number of aliphatic hydroxyl groups excluding tert-OH is 10. The van der Waals surface area contributed by atoms with Crippen LogP contribution in [0, 0.1) is 0 Å². The highest BCUT2D eigenvalue weighted by Crippen LogP contribution is 2.49. The van der Waals surface area contributed by atoms with Crippen molar-refractivity contribution in [2.24, 2.45) is 0 Å². The van der Waals surface area contributed by atoms with E-state index in [0.717, 1.165) is 54.6 Å². The summed E-state index contributed by atoms with van der Waals surface area (Å²) in [5.41, 5.74) is 0.281. The lowest BCUT2D eigenvalue weighted by atomic mass is 9.98. The minimum absolute atomic E-state index is 0.119. The Bertz CT molecular complexity index is 2940. The van der Waals surface area contributed by atoms with E-state index in [2.05, 4.69) is 4.74 Å². The van der Waals surface area contributed by atoms with E-state index in [9.17, 15) is 96.4 Å². The summed E-state index contributed by atoms with van der Waals surface area (Å²) in [7, 11) is 0. The Labute approximate surface area is 444 Å². The van der Waals surface area contributed by atoms with Gasteiger partial charge in [-0.1, -0.05) is 12.1 Å². The standard InChI is InChI=1S/C51H54O28/c52-16-33-39(62)42(65)45(68)51(77-33)76-32-15-23-29(13-22(53)14-30(23)74-49-46(69)43(66)40(63)34(78-49)17-71-36(59)7-3-19-1-5-24(54)26(56)9-19)73-48(32)21-11-28(58)38(61)31(12-21)75-50-47(70)44(67)41(64)35(79-50)18-72-37(60)8-4-20-2-6-25(55)27(57)10-20/h1-15,33-35,39-58,61-70H,16-18H2/p+1/b7-3+,8-4+/t33-,34-,35-,39-,40-,41-,42+,43+,44+,45-,46-,47-,48?,49-,50-,51-/m1/s1. The Balaban J connectivity index is 1.05. The van der Waals surface area contributed by atoms with Crippen molar-refractivity contribution in [3.8, 4) is 57.5 Å². The van der Waals surface area contributed by atoms with Crippen molar-refractivity contribution in [3.05, 3.63) is 101 Å². The number of carbonyl (C=O) groups excluding carboxylic acids is 2. The first-order chi connectivity index (χ1) is 37.5. The maximum Gasteiger partial charge on any atom is 0.330 e. The van der Waals surface area contributed by atoms with Crippen LogP contribution in [0.4, 0.5) is 0 Å². The topological polar surface area (TPSA) is 465 Å². The van der Waals surface area contributed by atoms with E-state index in [-0.39, 0.29) is 28.2 Å². The van der Waals surface area contributed by atoms with Gasteiger partial charge in [-0.3, -0.25) is 0 Å². The van der Waals surface area contributed by atoms with Crippen LogP contribution in [0.5, 0.6) is 57.5 Å². The first-order valence-corrected chi connectivity index (χ1v) is 23.8. The van der Waals surface area contributed by atoms with E-state index in [1.807, 2.05) is 0 Å². The summed E-state index contributed by atoms with van der Waals surface area (Å²) in [5.74, 6) is -7.82. The average Bonchev–Trinajstić information content (AvgIpc) is 3.44. The molecular weight excluding hydrogens is 1060 g/mol. The van der Waals surface area contributed by atoms with Crippen LogP contribution in [0.25, 0.3) is 18.2 Å². The number of aliphatic hydroxyl groups is 11. The summed E-state index contributed by atoms with van der Waals surface area (Å²) in [6, 6.07) is 11.5. The lowest BCUT2D eigenvalue weighted by molar-refractivity contribution is -0.295. The number of phenols is 7. The first kappa shape index (κ1) is 57.5. The maximum atomic E-state index is 12.6. The summed E-state index contributed by atoms with van der Waals surface area (Å²) < 4.78 is 49.7. The zero-order chi connectivity index (χ0) is 57.1. The van der Waals surface area contributed by atoms with Gasteiger partial charge in [0.05, 0.1) is 18.2 Å². The van der Waals surface area contributed by atoms with Crippen LogP contribution >= 0.6 is 0 Å². The van der Waals surface area contributed by atoms with E-state index in [0.29, 0.717) is 5.56 Å². The zero-order valence-corrected chi connectivity index (χ0v) is 40.7. The van der Waals surface area contributed by atoms with Gasteiger partial charge in [-0.2, -0.15) is 0 Å². The molecule has 18 N–H and O–H groups in total. The van der Waals surface area contributed by atoms with Gasteiger partial charge in [0, 0.05) is 24.3 Å². The third kappa shape index (κ3) is 12.8. The normalized spacial score (nSPS) is 30.7. The number of phenolic OH excluding ortho intramolecular Hbond substituents is 7. The van der Waals surface area contributed by atoms with Gasteiger partial charge in [-0.05, 0) is 59.7 Å². The molecular formula is C51H55O28+. The number of hydrogen-bond donors (Lipinski definition) is 17. The Kier molecular flexibility index (Phi) is 17.6. The van der Waals surface area contributed by atoms with Crippen LogP contribution < -0.4 is 9.47 Å². The number of rotatable bonds is 16. The Hall–Kier alpha value is -7.68. The van der Waals surface area contributed by atoms with Crippen LogP contribution in [-0.4, -0.2) is 215 Å². The fourth-order valence-corrected chi connectivity index (χ4v) is 8.46. The molecule has 1 unspecified atom stereocenters. The van der Waals surface area contributed by atoms with E-state index in [4.69, 9.17) is 37.9 Å². The van der Waals surface area contributed by atoms with Gasteiger partial charge in [0.2, 0.25) is 24.6 Å². The number of benzene rings is 4. The van der Waals surface area contributed by atoms with Crippen molar-refractivity contribution in [1.29, 1.82) is 0 Å². The minimum Gasteiger partial charge on any atom is -0.571 e. The van der Waals surface area contributed by atoms with Crippen molar-refractivity contribution in [3.63, 3.8) is 0 Å². The van der Waals surface area contributed by atoms with Gasteiger partial charge in [-0.25, -0.2) is 9.59 Å². The molecule has 4 aliphatic heterocycles. The predicted octanol–water partition coefficient (Wildman–Crippen LogP) is -2.33. The monoisotopic (exact) mass is 1120 g/mol. The summed E-state index contributed by atoms with van der Waals surface area (Å²) >= 11 is 0. The number of esters is 2. The van der Waals surface area contributed by atoms with E-state index in [1.165, 1.54) is 36.4 Å². The summed E-state index contributed by atoms with van der Waals surface area (Å²) in [6.07, 6.45) is -24.3. The molecule has 4 aromatic carbocycles. The number of ether oxygens (including phenoxy) is 9. The second-order valence-corrected chi connectivity index (χ2v) is 18.3. The SMILES string of the molecule is O=C(/C=C/c1ccc(O)c(O)c1)OC[C@H]1O[C@@H](Oc2cc(C3[OH+]c4cc(O)cc(O[C@@H]5O[C@H](COC(=O)/C=C/c6ccc(O)c(O)c6)[C@@H](O)[C@H](O)[C@H]5O)c4C=C3O[C@@H]3O[C@H](CO)[C@@H](O)[C@H](O)[C@H]3O)cc(O)c2O)[C@H](O)[C@@H](O)[C@@H]1O. The van der Waals surface area contributed by atoms with Gasteiger partial charge in [0.15, 0.2) is 40.3 Å². The van der Waals surface area contributed by atoms with Crippen molar-refractivity contribution in [1.82, 2.24) is 0 Å². The molecule has 426 valence electrons. The molecule has 0 aliphatic carbocycles. The average molecular weight is 1120 g/mol. The number of hydrogen-bond acceptors (Lipinski definition) is 27. The van der Waals surface area contributed by atoms with Crippen LogP contribution in [0.1, 0.15) is 28.4 Å². The second kappa shape index (κ2) is 24.1. The number of carbonyl (C=O) groups is 2. The first-order valence-electron chi connectivity index (χ1n) is 23.8. The molecule has 3 saturated heterocycles. The predicted molar refractivity (Wildman–Crippen MR) is 259 cm³/mol. The van der Waals surface area contributed by atoms with Crippen LogP contribution in [0.3, 0.4) is 0 Å². The van der Waals surface area contributed by atoms with Crippen molar-refractivity contribution < 1.29 is 139 Å². The molecule has 4 aliphatic rings. The van der Waals surface area contributed by atoms with E-state index < -0.39 is 182 Å². The summed E-state index contributed by atoms with van der Waals surface area (Å²) in [4.78, 5) is 25.2. The largest absolute Gasteiger partial charge is 0.571 e. The lowest BCUT2D eigenvalue weighted by Crippen LogP contribution is -2.60. The van der Waals surface area contributed by atoms with Crippen LogP contribution in [-0.2, 0) is 38.0 Å². The second-order valence-electron chi connectivity index (χ2n) is 18.3. The molecule has 0 bridgehead atoms. The highest BCUT2D eigenvalue weighted by molar-refractivity contribution is 5.87. The smallest absolute Gasteiger partial charge is 0.330 e. The van der Waals surface area contributed by atoms with Crippen LogP contribution in [0.2, 0.25) is 0 Å². The number of aromatic hydroxyl groups is 8. The van der Waals surface area contributed by atoms with Gasteiger partial charge in [-0.15, -0.1) is 0 Å². The van der Waals surface area contributed by atoms with Crippen LogP contribution in [0.15, 0.2) is 78.6 Å². The molecule has 4 heterocycles. The molecule has 79 heavy (non-hydrogen) atoms. The van der Waals surface area contributed by atoms with Crippen molar-refractivity contribution >= 4 is 30.2 Å². The minimum atomic E-state index is -2.08. The maximum absolute atomic E-state index is 12.6. The fraction of sp³-hybridized carbons (Fsp3) is 0.373. The van der Waals surface area contributed by atoms with Crippen molar-refractivity contribution in [2.75, 3.05) is 19.8 Å². The zero-order valence-electron chi connectivity index (χ0n) is 40.7. The Morgan fingerprint density at radius 2 is 0.975 bits per heavy atom. The molecule has 3 fully saturated rings. The lowest BCUT2D eigenvalue weighted by Gasteiger charge is -2.41. The molecule has 16 atom stereocenters. The highest BCUT2D eigenvalue weighted by Gasteiger charge is 2.50. The molecule has 0 saturated carbocycles. The van der Waals surface area contributed by atoms with Crippen molar-refractivity contribution in [2.45, 2.75) is 98.2 Å². The third-order valence-corrected chi connectivity index (χ3v) is 12.8. The summed E-state index contributed by atoms with van der Waals surface area (Å²) in [5, 5.41) is 179. The van der Waals surface area contributed by atoms with Gasteiger partial charge >= 0.3 is 11.9 Å². The third-order valence-electron chi connectivity index (χ3n) is 12.8. The van der Waals surface area contributed by atoms with E-state index >= 15 is 0 Å². The van der Waals surface area contributed by atoms with Gasteiger partial charge in [0.25, 0.3) is 11.9 Å². The molecule has 0 amide bonds. The fourth-order valence-electron chi connectivity index (χ4n) is 8.46. The quantitative estimate of drug-likeness (QED) is 0.0242. The molecule has 0 radical (unpaired) electrons. The van der Waals surface area contributed by atoms with Gasteiger partial charge < -0.3 is 129 Å². The molecule has 0 spiro atoms. The molecule has 8 rings (SSSR count). The number of fused-ring (bicyclic) bond motifs is 1. The highest BCUT2D eigenvalue weighted by atomic mass is 16.7.